The van der Waals surface area contributed by atoms with Crippen molar-refractivity contribution in [3.8, 4) is 0 Å². The zero-order chi connectivity index (χ0) is 11.1. The molecule has 3 heteroatoms. The normalized spacial score (nSPS) is 15.3. The predicted octanol–water partition coefficient (Wildman–Crippen LogP) is 1.98. The molecule has 0 aliphatic rings. The van der Waals surface area contributed by atoms with E-state index in [2.05, 4.69) is 18.6 Å². The molecule has 3 nitrogen and oxygen atoms in total. The van der Waals surface area contributed by atoms with Crippen molar-refractivity contribution in [2.45, 2.75) is 46.1 Å². The van der Waals surface area contributed by atoms with E-state index in [1.54, 1.807) is 0 Å². The molecule has 0 saturated carbocycles. The molecule has 0 fully saturated rings. The second-order valence-electron chi connectivity index (χ2n) is 4.08. The molecule has 0 amide bonds. The third kappa shape index (κ3) is 5.22. The van der Waals surface area contributed by atoms with Gasteiger partial charge in [0.1, 0.15) is 0 Å². The number of carbonyl (C=O) groups excluding carboxylic acids is 1. The van der Waals surface area contributed by atoms with E-state index in [0.29, 0.717) is 18.8 Å². The Hall–Kier alpha value is -0.570. The summed E-state index contributed by atoms with van der Waals surface area (Å²) >= 11 is 0. The highest BCUT2D eigenvalue weighted by atomic mass is 16.5. The van der Waals surface area contributed by atoms with E-state index in [9.17, 15) is 9.90 Å². The number of carbonyl (C=O) groups is 1. The van der Waals surface area contributed by atoms with Gasteiger partial charge in [0, 0.05) is 6.42 Å². The summed E-state index contributed by atoms with van der Waals surface area (Å²) in [5, 5.41) is 9.51. The second kappa shape index (κ2) is 6.82. The van der Waals surface area contributed by atoms with Gasteiger partial charge in [-0.1, -0.05) is 20.8 Å². The Kier molecular flexibility index (Phi) is 6.54. The molecule has 0 spiro atoms. The minimum atomic E-state index is -0.299. The summed E-state index contributed by atoms with van der Waals surface area (Å²) in [7, 11) is 1.40. The molecule has 1 N–H and O–H groups in total. The number of rotatable bonds is 6. The molecule has 0 aromatic rings. The maximum absolute atomic E-state index is 11.1. The van der Waals surface area contributed by atoms with Crippen LogP contribution in [0, 0.1) is 11.8 Å². The summed E-state index contributed by atoms with van der Waals surface area (Å²) < 4.78 is 4.63. The maximum atomic E-state index is 11.1. The molecule has 2 atom stereocenters. The van der Waals surface area contributed by atoms with Crippen molar-refractivity contribution >= 4 is 5.97 Å². The first-order valence-corrected chi connectivity index (χ1v) is 5.26. The fourth-order valence-corrected chi connectivity index (χ4v) is 1.40. The lowest BCUT2D eigenvalue weighted by Crippen LogP contribution is -2.21. The molecule has 84 valence electrons. The third-order valence-corrected chi connectivity index (χ3v) is 2.65. The van der Waals surface area contributed by atoms with Gasteiger partial charge in [0.15, 0.2) is 0 Å². The summed E-state index contributed by atoms with van der Waals surface area (Å²) in [5.41, 5.74) is 0. The predicted molar refractivity (Wildman–Crippen MR) is 55.9 cm³/mol. The molecule has 0 aromatic heterocycles. The lowest BCUT2D eigenvalue weighted by Gasteiger charge is -2.21. The van der Waals surface area contributed by atoms with E-state index in [-0.39, 0.29) is 18.0 Å². The van der Waals surface area contributed by atoms with E-state index in [1.165, 1.54) is 7.11 Å². The molecule has 0 aromatic carbocycles. The quantitative estimate of drug-likeness (QED) is 0.670. The minimum Gasteiger partial charge on any atom is -0.469 e. The van der Waals surface area contributed by atoms with Gasteiger partial charge in [-0.25, -0.2) is 0 Å². The van der Waals surface area contributed by atoms with Gasteiger partial charge in [0.25, 0.3) is 0 Å². The number of esters is 1. The average Bonchev–Trinajstić information content (AvgIpc) is 2.16. The Morgan fingerprint density at radius 2 is 2.00 bits per heavy atom. The lowest BCUT2D eigenvalue weighted by molar-refractivity contribution is -0.142. The van der Waals surface area contributed by atoms with Crippen molar-refractivity contribution in [2.24, 2.45) is 11.8 Å². The van der Waals surface area contributed by atoms with Crippen LogP contribution in [0.1, 0.15) is 40.0 Å². The highest BCUT2D eigenvalue weighted by Crippen LogP contribution is 2.22. The molecule has 0 radical (unpaired) electrons. The SMILES string of the molecule is CCC(O)CC(CC(=O)OC)C(C)C. The van der Waals surface area contributed by atoms with Crippen molar-refractivity contribution in [1.82, 2.24) is 0 Å². The smallest absolute Gasteiger partial charge is 0.305 e. The van der Waals surface area contributed by atoms with Crippen molar-refractivity contribution in [1.29, 1.82) is 0 Å². The first-order valence-electron chi connectivity index (χ1n) is 5.26. The molecule has 0 bridgehead atoms. The molecule has 2 unspecified atom stereocenters. The second-order valence-corrected chi connectivity index (χ2v) is 4.08. The van der Waals surface area contributed by atoms with Gasteiger partial charge >= 0.3 is 5.97 Å². The van der Waals surface area contributed by atoms with Crippen molar-refractivity contribution in [2.75, 3.05) is 7.11 Å². The molecule has 0 rings (SSSR count). The molecule has 14 heavy (non-hydrogen) atoms. The van der Waals surface area contributed by atoms with Crippen LogP contribution in [0.5, 0.6) is 0 Å². The number of hydrogen-bond donors (Lipinski definition) is 1. The fraction of sp³-hybridized carbons (Fsp3) is 0.909. The van der Waals surface area contributed by atoms with Gasteiger partial charge in [-0.05, 0) is 24.7 Å². The van der Waals surface area contributed by atoms with Crippen molar-refractivity contribution in [3.63, 3.8) is 0 Å². The monoisotopic (exact) mass is 202 g/mol. The van der Waals surface area contributed by atoms with Crippen LogP contribution in [0.25, 0.3) is 0 Å². The third-order valence-electron chi connectivity index (χ3n) is 2.65. The van der Waals surface area contributed by atoms with Crippen LogP contribution in [-0.4, -0.2) is 24.3 Å². The standard InChI is InChI=1S/C11H22O3/c1-5-10(12)6-9(8(2)3)7-11(13)14-4/h8-10,12H,5-7H2,1-4H3. The fourth-order valence-electron chi connectivity index (χ4n) is 1.40. The van der Waals surface area contributed by atoms with Crippen LogP contribution in [0.2, 0.25) is 0 Å². The number of ether oxygens (including phenoxy) is 1. The van der Waals surface area contributed by atoms with E-state index in [4.69, 9.17) is 0 Å². The Bertz CT molecular complexity index is 166. The zero-order valence-corrected chi connectivity index (χ0v) is 9.62. The number of aliphatic hydroxyl groups is 1. The largest absolute Gasteiger partial charge is 0.469 e. The van der Waals surface area contributed by atoms with E-state index >= 15 is 0 Å². The zero-order valence-electron chi connectivity index (χ0n) is 9.62. The molecular formula is C11H22O3. The van der Waals surface area contributed by atoms with Gasteiger partial charge in [0.2, 0.25) is 0 Å². The number of hydrogen-bond acceptors (Lipinski definition) is 3. The van der Waals surface area contributed by atoms with Crippen LogP contribution in [0.15, 0.2) is 0 Å². The summed E-state index contributed by atoms with van der Waals surface area (Å²) in [4.78, 5) is 11.1. The van der Waals surface area contributed by atoms with Crippen molar-refractivity contribution < 1.29 is 14.6 Å². The van der Waals surface area contributed by atoms with Gasteiger partial charge in [-0.15, -0.1) is 0 Å². The summed E-state index contributed by atoms with van der Waals surface area (Å²) in [6, 6.07) is 0. The van der Waals surface area contributed by atoms with Crippen LogP contribution >= 0.6 is 0 Å². The van der Waals surface area contributed by atoms with E-state index in [0.717, 1.165) is 6.42 Å². The molecule has 0 saturated heterocycles. The van der Waals surface area contributed by atoms with Gasteiger partial charge in [-0.3, -0.25) is 4.79 Å². The number of methoxy groups -OCH3 is 1. The first-order chi connectivity index (χ1) is 6.51. The Balaban J connectivity index is 4.09. The highest BCUT2D eigenvalue weighted by Gasteiger charge is 2.20. The first kappa shape index (κ1) is 13.4. The summed E-state index contributed by atoms with van der Waals surface area (Å²) in [6.45, 7) is 6.08. The average molecular weight is 202 g/mol. The van der Waals surface area contributed by atoms with E-state index in [1.807, 2.05) is 6.92 Å². The summed E-state index contributed by atoms with van der Waals surface area (Å²) in [5.74, 6) is 0.430. The molecular weight excluding hydrogens is 180 g/mol. The lowest BCUT2D eigenvalue weighted by atomic mass is 9.87. The molecule has 0 heterocycles. The van der Waals surface area contributed by atoms with Crippen LogP contribution in [-0.2, 0) is 9.53 Å². The van der Waals surface area contributed by atoms with Gasteiger partial charge in [0.05, 0.1) is 13.2 Å². The molecule has 0 aliphatic heterocycles. The summed E-state index contributed by atoms with van der Waals surface area (Å²) in [6.07, 6.45) is 1.53. The van der Waals surface area contributed by atoms with E-state index < -0.39 is 0 Å². The minimum absolute atomic E-state index is 0.188. The van der Waals surface area contributed by atoms with Crippen molar-refractivity contribution in [3.05, 3.63) is 0 Å². The highest BCUT2D eigenvalue weighted by molar-refractivity contribution is 5.69. The van der Waals surface area contributed by atoms with Crippen LogP contribution in [0.4, 0.5) is 0 Å². The molecule has 0 aliphatic carbocycles. The Labute approximate surface area is 86.5 Å². The maximum Gasteiger partial charge on any atom is 0.305 e. The van der Waals surface area contributed by atoms with Crippen LogP contribution < -0.4 is 0 Å². The topological polar surface area (TPSA) is 46.5 Å². The Morgan fingerprint density at radius 3 is 2.36 bits per heavy atom. The number of aliphatic hydroxyl groups excluding tert-OH is 1. The van der Waals surface area contributed by atoms with Gasteiger partial charge < -0.3 is 9.84 Å². The van der Waals surface area contributed by atoms with Crippen LogP contribution in [0.3, 0.4) is 0 Å². The van der Waals surface area contributed by atoms with Gasteiger partial charge in [-0.2, -0.15) is 0 Å². The Morgan fingerprint density at radius 1 is 1.43 bits per heavy atom.